The van der Waals surface area contributed by atoms with E-state index in [4.69, 9.17) is 7.10 Å². The first-order valence-electron chi connectivity index (χ1n) is 3.15. The summed E-state index contributed by atoms with van der Waals surface area (Å²) in [6.45, 7) is 0. The summed E-state index contributed by atoms with van der Waals surface area (Å²) < 4.78 is 7.14. The fourth-order valence-corrected chi connectivity index (χ4v) is 0.631. The molecule has 1 aliphatic rings. The third-order valence-electron chi connectivity index (χ3n) is 1.17. The van der Waals surface area contributed by atoms with Gasteiger partial charge in [-0.1, -0.05) is 0 Å². The number of nitrogens with one attached hydrogen (secondary N) is 1. The van der Waals surface area contributed by atoms with E-state index >= 15 is 0 Å². The Balaban J connectivity index is 2.70. The summed E-state index contributed by atoms with van der Waals surface area (Å²) in [6, 6.07) is -1.60. The van der Waals surface area contributed by atoms with Crippen LogP contribution in [0.2, 0.25) is 0 Å². The molecule has 1 rings (SSSR count). The highest BCUT2D eigenvalue weighted by Gasteiger charge is 2.22. The van der Waals surface area contributed by atoms with Crippen molar-refractivity contribution >= 4 is 11.8 Å². The molecular formula is C5H8N2O2. The molecule has 0 bridgehead atoms. The highest BCUT2D eigenvalue weighted by molar-refractivity contribution is 6.00. The summed E-state index contributed by atoms with van der Waals surface area (Å²) in [5.74, 6) is -1.05. The maximum atomic E-state index is 10.7. The lowest BCUT2D eigenvalue weighted by Gasteiger charge is -2.15. The standard InChI is InChI=1S/C5H8N2O2/c6-3-1-2-4(8)7-5(3)9/h3H,1-2,6H2,(H,7,8,9)/t3-/m0/s1/i3D. The van der Waals surface area contributed by atoms with Gasteiger partial charge in [-0.2, -0.15) is 0 Å². The van der Waals surface area contributed by atoms with Crippen LogP contribution in [0.1, 0.15) is 14.2 Å². The third kappa shape index (κ3) is 1.26. The van der Waals surface area contributed by atoms with E-state index in [1.165, 1.54) is 0 Å². The Bertz CT molecular complexity index is 190. The Morgan fingerprint density at radius 3 is 2.89 bits per heavy atom. The monoisotopic (exact) mass is 129 g/mol. The van der Waals surface area contributed by atoms with Gasteiger partial charge in [0.15, 0.2) is 0 Å². The second-order valence-corrected chi connectivity index (χ2v) is 1.90. The van der Waals surface area contributed by atoms with Crippen molar-refractivity contribution < 1.29 is 11.0 Å². The highest BCUT2D eigenvalue weighted by atomic mass is 16.2. The molecule has 50 valence electrons. The number of piperidine rings is 1. The normalized spacial score (nSPS) is 37.7. The number of hydrogen-bond donors (Lipinski definition) is 2. The lowest BCUT2D eigenvalue weighted by molar-refractivity contribution is -0.134. The number of carbonyl (C=O) groups is 2. The minimum atomic E-state index is -1.60. The molecular weight excluding hydrogens is 120 g/mol. The molecule has 3 N–H and O–H groups in total. The van der Waals surface area contributed by atoms with E-state index < -0.39 is 11.9 Å². The number of carbonyl (C=O) groups excluding carboxylic acids is 2. The van der Waals surface area contributed by atoms with Gasteiger partial charge in [0.2, 0.25) is 11.8 Å². The van der Waals surface area contributed by atoms with Gasteiger partial charge >= 0.3 is 0 Å². The minimum absolute atomic E-state index is 0.109. The molecule has 0 aliphatic carbocycles. The Labute approximate surface area is 53.8 Å². The molecule has 0 unspecified atom stereocenters. The zero-order valence-electron chi connectivity index (χ0n) is 5.81. The number of rotatable bonds is 0. The van der Waals surface area contributed by atoms with Crippen molar-refractivity contribution in [1.82, 2.24) is 5.32 Å². The Hall–Kier alpha value is -0.900. The van der Waals surface area contributed by atoms with E-state index in [0.717, 1.165) is 0 Å². The predicted molar refractivity (Wildman–Crippen MR) is 30.4 cm³/mol. The van der Waals surface area contributed by atoms with Crippen LogP contribution in [0.3, 0.4) is 0 Å². The van der Waals surface area contributed by atoms with Crippen molar-refractivity contribution in [3.8, 4) is 0 Å². The maximum Gasteiger partial charge on any atom is 0.243 e. The van der Waals surface area contributed by atoms with E-state index in [2.05, 4.69) is 0 Å². The van der Waals surface area contributed by atoms with E-state index in [1.54, 1.807) is 0 Å². The quantitative estimate of drug-likeness (QED) is 0.401. The van der Waals surface area contributed by atoms with Crippen LogP contribution in [0.15, 0.2) is 0 Å². The van der Waals surface area contributed by atoms with Crippen LogP contribution < -0.4 is 11.1 Å². The van der Waals surface area contributed by atoms with Crippen molar-refractivity contribution in [1.29, 1.82) is 0 Å². The summed E-state index contributed by atoms with van der Waals surface area (Å²) in [4.78, 5) is 21.2. The Morgan fingerprint density at radius 2 is 2.44 bits per heavy atom. The molecule has 9 heavy (non-hydrogen) atoms. The zero-order chi connectivity index (χ0) is 7.78. The van der Waals surface area contributed by atoms with Crippen LogP contribution in [0, 0.1) is 0 Å². The predicted octanol–water partition coefficient (Wildman–Crippen LogP) is -1.25. The van der Waals surface area contributed by atoms with E-state index in [1.807, 2.05) is 5.32 Å². The molecule has 1 atom stereocenters. The van der Waals surface area contributed by atoms with Crippen molar-refractivity contribution in [2.45, 2.75) is 18.9 Å². The molecule has 2 amide bonds. The minimum Gasteiger partial charge on any atom is -0.320 e. The van der Waals surface area contributed by atoms with Gasteiger partial charge in [0.1, 0.15) is 0 Å². The molecule has 0 aromatic rings. The summed E-state index contributed by atoms with van der Waals surface area (Å²) in [6.07, 6.45) is 0.267. The van der Waals surface area contributed by atoms with Gasteiger partial charge < -0.3 is 5.73 Å². The molecule has 0 saturated carbocycles. The van der Waals surface area contributed by atoms with E-state index in [0.29, 0.717) is 0 Å². The average molecular weight is 129 g/mol. The topological polar surface area (TPSA) is 72.2 Å². The van der Waals surface area contributed by atoms with Crippen LogP contribution >= 0.6 is 0 Å². The van der Waals surface area contributed by atoms with Crippen molar-refractivity contribution in [2.75, 3.05) is 0 Å². The van der Waals surface area contributed by atoms with Gasteiger partial charge in [-0.25, -0.2) is 0 Å². The average Bonchev–Trinajstić information content (AvgIpc) is 1.81. The van der Waals surface area contributed by atoms with E-state index in [9.17, 15) is 9.59 Å². The Morgan fingerprint density at radius 1 is 1.78 bits per heavy atom. The van der Waals surface area contributed by atoms with Crippen LogP contribution in [0.25, 0.3) is 0 Å². The molecule has 0 aromatic heterocycles. The molecule has 4 heteroatoms. The van der Waals surface area contributed by atoms with Gasteiger partial charge in [0.05, 0.1) is 7.39 Å². The van der Waals surface area contributed by atoms with Crippen molar-refractivity contribution in [3.63, 3.8) is 0 Å². The fourth-order valence-electron chi connectivity index (χ4n) is 0.631. The smallest absolute Gasteiger partial charge is 0.243 e. The lowest BCUT2D eigenvalue weighted by atomic mass is 10.1. The summed E-state index contributed by atoms with van der Waals surface area (Å²) in [7, 11) is 0. The molecule has 4 nitrogen and oxygen atoms in total. The largest absolute Gasteiger partial charge is 0.320 e. The number of nitrogens with two attached hydrogens (primary N) is 1. The van der Waals surface area contributed by atoms with Gasteiger partial charge in [-0.05, 0) is 6.42 Å². The molecule has 0 aromatic carbocycles. The molecule has 0 spiro atoms. The second-order valence-electron chi connectivity index (χ2n) is 1.90. The molecule has 1 saturated heterocycles. The van der Waals surface area contributed by atoms with Crippen LogP contribution in [-0.4, -0.2) is 17.8 Å². The maximum absolute atomic E-state index is 10.7. The Kier molecular flexibility index (Phi) is 1.17. The van der Waals surface area contributed by atoms with Crippen LogP contribution in [0.5, 0.6) is 0 Å². The number of imide groups is 1. The second kappa shape index (κ2) is 2.14. The summed E-state index contributed by atoms with van der Waals surface area (Å²) in [5, 5.41) is 1.98. The third-order valence-corrected chi connectivity index (χ3v) is 1.17. The van der Waals surface area contributed by atoms with Gasteiger partial charge in [0.25, 0.3) is 0 Å². The first-order valence-corrected chi connectivity index (χ1v) is 2.65. The van der Waals surface area contributed by atoms with Crippen molar-refractivity contribution in [3.05, 3.63) is 0 Å². The van der Waals surface area contributed by atoms with Gasteiger partial charge in [0, 0.05) is 6.42 Å². The molecule has 0 radical (unpaired) electrons. The highest BCUT2D eigenvalue weighted by Crippen LogP contribution is 2.00. The molecule has 1 fully saturated rings. The molecule has 1 aliphatic heterocycles. The SMILES string of the molecule is [2H][C@]1(N)CCC(=O)NC1=O. The summed E-state index contributed by atoms with van der Waals surface area (Å²) in [5.41, 5.74) is 5.19. The number of hydrogen-bond acceptors (Lipinski definition) is 3. The lowest BCUT2D eigenvalue weighted by Crippen LogP contribution is -2.48. The summed E-state index contributed by atoms with van der Waals surface area (Å²) >= 11 is 0. The van der Waals surface area contributed by atoms with Crippen molar-refractivity contribution in [2.24, 2.45) is 5.73 Å². The molecule has 1 heterocycles. The van der Waals surface area contributed by atoms with Gasteiger partial charge in [-0.15, -0.1) is 0 Å². The fraction of sp³-hybridized carbons (Fsp3) is 0.600. The first kappa shape index (κ1) is 4.93. The number of amides is 2. The van der Waals surface area contributed by atoms with Crippen LogP contribution in [0.4, 0.5) is 0 Å². The first-order chi connectivity index (χ1) is 4.52. The zero-order valence-corrected chi connectivity index (χ0v) is 4.81. The van der Waals surface area contributed by atoms with Crippen LogP contribution in [-0.2, 0) is 9.59 Å². The van der Waals surface area contributed by atoms with Gasteiger partial charge in [-0.3, -0.25) is 14.9 Å². The van der Waals surface area contributed by atoms with E-state index in [-0.39, 0.29) is 18.7 Å².